The predicted molar refractivity (Wildman–Crippen MR) is 98.8 cm³/mol. The lowest BCUT2D eigenvalue weighted by Gasteiger charge is -2.30. The van der Waals surface area contributed by atoms with Crippen molar-refractivity contribution in [1.29, 1.82) is 0 Å². The fourth-order valence-electron chi connectivity index (χ4n) is 3.75. The van der Waals surface area contributed by atoms with Gasteiger partial charge in [0.05, 0.1) is 10.9 Å². The zero-order valence-corrected chi connectivity index (χ0v) is 16.0. The molecule has 3 aromatic rings. The quantitative estimate of drug-likeness (QED) is 0.457. The summed E-state index contributed by atoms with van der Waals surface area (Å²) < 4.78 is 59.8. The SMILES string of the molecule is C[C@@]1(O)[C@@H](C(O)c2ccc(F)c(C(F)(F)F)c2)O[C@@H](n2ccc3c(N)ncnc32)[C@@H]1O. The first-order valence-electron chi connectivity index (χ1n) is 9.10. The zero-order chi connectivity index (χ0) is 22.7. The molecule has 0 bridgehead atoms. The van der Waals surface area contributed by atoms with Crippen LogP contribution < -0.4 is 5.73 Å². The van der Waals surface area contributed by atoms with Gasteiger partial charge in [0, 0.05) is 6.20 Å². The number of nitrogen functional groups attached to an aromatic ring is 1. The van der Waals surface area contributed by atoms with Crippen LogP contribution >= 0.6 is 0 Å². The molecule has 4 rings (SSSR count). The van der Waals surface area contributed by atoms with Gasteiger partial charge in [-0.3, -0.25) is 0 Å². The first kappa shape index (κ1) is 21.4. The maximum Gasteiger partial charge on any atom is 0.419 e. The summed E-state index contributed by atoms with van der Waals surface area (Å²) >= 11 is 0. The highest BCUT2D eigenvalue weighted by molar-refractivity contribution is 5.86. The van der Waals surface area contributed by atoms with Gasteiger partial charge in [0.1, 0.15) is 47.5 Å². The number of alkyl halides is 3. The molecule has 0 aliphatic carbocycles. The first-order valence-corrected chi connectivity index (χ1v) is 9.10. The number of aromatic nitrogens is 3. The average molecular weight is 442 g/mol. The number of aliphatic hydroxyl groups excluding tert-OH is 2. The molecule has 5 N–H and O–H groups in total. The maximum absolute atomic E-state index is 13.6. The van der Waals surface area contributed by atoms with Crippen LogP contribution in [0.4, 0.5) is 23.4 Å². The van der Waals surface area contributed by atoms with E-state index in [2.05, 4.69) is 9.97 Å². The maximum atomic E-state index is 13.6. The van der Waals surface area contributed by atoms with Gasteiger partial charge in [-0.1, -0.05) is 6.07 Å². The highest BCUT2D eigenvalue weighted by atomic mass is 19.4. The van der Waals surface area contributed by atoms with Crippen molar-refractivity contribution < 1.29 is 37.6 Å². The monoisotopic (exact) mass is 442 g/mol. The number of anilines is 1. The predicted octanol–water partition coefficient (Wildman–Crippen LogP) is 1.91. The number of aliphatic hydroxyl groups is 3. The van der Waals surface area contributed by atoms with Gasteiger partial charge in [-0.05, 0) is 30.7 Å². The van der Waals surface area contributed by atoms with E-state index in [-0.39, 0.29) is 17.0 Å². The minimum atomic E-state index is -4.98. The normalized spacial score (nSPS) is 27.7. The molecule has 1 aliphatic heterocycles. The number of nitrogens with zero attached hydrogens (tertiary/aromatic N) is 3. The minimum absolute atomic E-state index is 0.172. The lowest BCUT2D eigenvalue weighted by molar-refractivity contribution is -0.140. The van der Waals surface area contributed by atoms with Crippen LogP contribution in [-0.4, -0.2) is 47.7 Å². The van der Waals surface area contributed by atoms with E-state index in [0.717, 1.165) is 6.07 Å². The van der Waals surface area contributed by atoms with Crippen molar-refractivity contribution in [2.75, 3.05) is 5.73 Å². The zero-order valence-electron chi connectivity index (χ0n) is 16.0. The molecular formula is C19H18F4N4O4. The van der Waals surface area contributed by atoms with Crippen molar-refractivity contribution in [1.82, 2.24) is 14.5 Å². The Morgan fingerprint density at radius 2 is 1.97 bits per heavy atom. The van der Waals surface area contributed by atoms with Crippen LogP contribution in [0.25, 0.3) is 11.0 Å². The fourth-order valence-corrected chi connectivity index (χ4v) is 3.75. The summed E-state index contributed by atoms with van der Waals surface area (Å²) in [5.41, 5.74) is 2.09. The number of hydrogen-bond acceptors (Lipinski definition) is 7. The molecule has 1 fully saturated rings. The van der Waals surface area contributed by atoms with Crippen molar-refractivity contribution in [3.63, 3.8) is 0 Å². The Labute approximate surface area is 172 Å². The third kappa shape index (κ3) is 3.41. The topological polar surface area (TPSA) is 127 Å². The second kappa shape index (κ2) is 7.12. The van der Waals surface area contributed by atoms with E-state index in [1.54, 1.807) is 6.07 Å². The summed E-state index contributed by atoms with van der Waals surface area (Å²) in [6.45, 7) is 1.18. The lowest BCUT2D eigenvalue weighted by atomic mass is 9.88. The number of halogens is 4. The Morgan fingerprint density at radius 1 is 1.26 bits per heavy atom. The van der Waals surface area contributed by atoms with Crippen LogP contribution in [-0.2, 0) is 10.9 Å². The van der Waals surface area contributed by atoms with Gasteiger partial charge in [0.25, 0.3) is 0 Å². The fraction of sp³-hybridized carbons (Fsp3) is 0.368. The second-order valence-corrected chi connectivity index (χ2v) is 7.52. The van der Waals surface area contributed by atoms with E-state index in [1.165, 1.54) is 24.0 Å². The number of ether oxygens (including phenoxy) is 1. The Bertz CT molecular complexity index is 1130. The molecular weight excluding hydrogens is 424 g/mol. The summed E-state index contributed by atoms with van der Waals surface area (Å²) in [7, 11) is 0. The molecule has 0 spiro atoms. The van der Waals surface area contributed by atoms with E-state index >= 15 is 0 Å². The molecule has 31 heavy (non-hydrogen) atoms. The van der Waals surface area contributed by atoms with E-state index in [4.69, 9.17) is 10.5 Å². The highest BCUT2D eigenvalue weighted by Gasteiger charge is 2.56. The standard InChI is InChI=1S/C19H18F4N4O4/c1-18(30)13(29)17(27-5-4-9-15(24)25-7-26-16(9)27)31-14(18)12(28)8-2-3-11(20)10(6-8)19(21,22)23/h2-7,12-14,17,28-30H,1H3,(H2,24,25,26)/t12?,13-,14+,17+,18-/m0/s1. The summed E-state index contributed by atoms with van der Waals surface area (Å²) in [4.78, 5) is 7.93. The summed E-state index contributed by atoms with van der Waals surface area (Å²) in [5, 5.41) is 32.7. The molecule has 8 nitrogen and oxygen atoms in total. The van der Waals surface area contributed by atoms with Crippen LogP contribution in [0.15, 0.2) is 36.8 Å². The summed E-state index contributed by atoms with van der Waals surface area (Å²) in [5.74, 6) is -1.33. The van der Waals surface area contributed by atoms with Gasteiger partial charge in [0.2, 0.25) is 0 Å². The van der Waals surface area contributed by atoms with E-state index < -0.39 is 47.7 Å². The van der Waals surface area contributed by atoms with Crippen molar-refractivity contribution in [2.24, 2.45) is 0 Å². The Kier molecular flexibility index (Phi) is 4.92. The molecule has 166 valence electrons. The second-order valence-electron chi connectivity index (χ2n) is 7.52. The van der Waals surface area contributed by atoms with Crippen LogP contribution in [0.3, 0.4) is 0 Å². The van der Waals surface area contributed by atoms with Gasteiger partial charge < -0.3 is 30.4 Å². The van der Waals surface area contributed by atoms with E-state index in [9.17, 15) is 32.9 Å². The van der Waals surface area contributed by atoms with Crippen molar-refractivity contribution >= 4 is 16.9 Å². The number of fused-ring (bicyclic) bond motifs is 1. The molecule has 1 unspecified atom stereocenters. The third-order valence-electron chi connectivity index (χ3n) is 5.47. The van der Waals surface area contributed by atoms with Crippen LogP contribution in [0, 0.1) is 5.82 Å². The average Bonchev–Trinajstić information content (AvgIpc) is 3.21. The van der Waals surface area contributed by atoms with Gasteiger partial charge >= 0.3 is 6.18 Å². The molecule has 5 atom stereocenters. The molecule has 0 amide bonds. The van der Waals surface area contributed by atoms with Crippen LogP contribution in [0.5, 0.6) is 0 Å². The molecule has 3 heterocycles. The van der Waals surface area contributed by atoms with E-state index in [1.807, 2.05) is 0 Å². The minimum Gasteiger partial charge on any atom is -0.386 e. The number of hydrogen-bond donors (Lipinski definition) is 4. The molecule has 0 saturated carbocycles. The summed E-state index contributed by atoms with van der Waals surface area (Å²) in [6, 6.07) is 3.53. The smallest absolute Gasteiger partial charge is 0.386 e. The molecule has 1 aliphatic rings. The largest absolute Gasteiger partial charge is 0.419 e. The third-order valence-corrected chi connectivity index (χ3v) is 5.47. The number of benzene rings is 1. The van der Waals surface area contributed by atoms with Gasteiger partial charge in [-0.2, -0.15) is 13.2 Å². The molecule has 1 aromatic carbocycles. The first-order chi connectivity index (χ1) is 14.4. The Hall–Kier alpha value is -2.80. The van der Waals surface area contributed by atoms with Crippen molar-refractivity contribution in [3.05, 3.63) is 53.7 Å². The Balaban J connectivity index is 1.71. The van der Waals surface area contributed by atoms with Gasteiger partial charge in [-0.25, -0.2) is 14.4 Å². The molecule has 1 saturated heterocycles. The molecule has 2 aromatic heterocycles. The number of nitrogens with two attached hydrogens (primary N) is 1. The van der Waals surface area contributed by atoms with Gasteiger partial charge in [0.15, 0.2) is 6.23 Å². The highest BCUT2D eigenvalue weighted by Crippen LogP contribution is 2.44. The Morgan fingerprint density at radius 3 is 2.65 bits per heavy atom. The lowest BCUT2D eigenvalue weighted by Crippen LogP contribution is -2.47. The van der Waals surface area contributed by atoms with Crippen molar-refractivity contribution in [2.45, 2.75) is 43.2 Å². The van der Waals surface area contributed by atoms with Crippen LogP contribution in [0.1, 0.15) is 30.4 Å². The summed E-state index contributed by atoms with van der Waals surface area (Å²) in [6.07, 6.45) is -8.51. The molecule has 12 heteroatoms. The number of rotatable bonds is 3. The van der Waals surface area contributed by atoms with Gasteiger partial charge in [-0.15, -0.1) is 0 Å². The van der Waals surface area contributed by atoms with Crippen molar-refractivity contribution in [3.8, 4) is 0 Å². The molecule has 0 radical (unpaired) electrons. The van der Waals surface area contributed by atoms with Crippen LogP contribution in [0.2, 0.25) is 0 Å². The van der Waals surface area contributed by atoms with E-state index in [0.29, 0.717) is 17.5 Å².